The standard InChI is InChI=1S/C27H21N2.C11H8N.Ir/c1-15-11-17(3)27(18(4)12-15)29-22-9-5-7-19-20-8-6-10-28-26(20)21-13-16(2)14-23(29)25(21)24(19)22;1-2-6-10(7-3-1)11-8-4-5-9-12-11;/h5-12,14H,1-4H3;1-6,8-9H;/q2*-1;. The van der Waals surface area contributed by atoms with E-state index in [1.807, 2.05) is 54.7 Å². The molecule has 0 fully saturated rings. The molecule has 0 N–H and O–H groups in total. The van der Waals surface area contributed by atoms with Crippen LogP contribution in [0.4, 0.5) is 0 Å². The van der Waals surface area contributed by atoms with Crippen LogP contribution < -0.4 is 0 Å². The SMILES string of the molecule is Cc1[c-]c2c3ncccc3c3cccc4c3c2c(c1)n4-c1c(C)cc(C)cc1C.[Ir].[c-]1ccccc1-c1ccccn1. The van der Waals surface area contributed by atoms with Gasteiger partial charge in [-0.1, -0.05) is 60.3 Å². The molecule has 0 aliphatic rings. The summed E-state index contributed by atoms with van der Waals surface area (Å²) in [6, 6.07) is 38.1. The molecule has 0 aliphatic carbocycles. The molecule has 42 heavy (non-hydrogen) atoms. The van der Waals surface area contributed by atoms with Gasteiger partial charge in [0.2, 0.25) is 0 Å². The molecule has 8 rings (SSSR count). The topological polar surface area (TPSA) is 30.7 Å². The van der Waals surface area contributed by atoms with Gasteiger partial charge in [0, 0.05) is 38.0 Å². The normalized spacial score (nSPS) is 11.1. The van der Waals surface area contributed by atoms with Crippen LogP contribution >= 0.6 is 0 Å². The Bertz CT molecular complexity index is 2120. The fourth-order valence-corrected chi connectivity index (χ4v) is 6.31. The van der Waals surface area contributed by atoms with Crippen LogP contribution in [0.3, 0.4) is 0 Å². The van der Waals surface area contributed by atoms with Gasteiger partial charge < -0.3 is 14.5 Å². The van der Waals surface area contributed by atoms with Crippen LogP contribution in [-0.4, -0.2) is 14.5 Å². The molecule has 0 saturated heterocycles. The summed E-state index contributed by atoms with van der Waals surface area (Å²) in [7, 11) is 0. The van der Waals surface area contributed by atoms with Crippen molar-refractivity contribution in [1.29, 1.82) is 0 Å². The van der Waals surface area contributed by atoms with E-state index in [-0.39, 0.29) is 20.1 Å². The van der Waals surface area contributed by atoms with Gasteiger partial charge in [0.1, 0.15) is 0 Å². The number of rotatable bonds is 2. The first kappa shape index (κ1) is 27.8. The Labute approximate surface area is 259 Å². The van der Waals surface area contributed by atoms with E-state index >= 15 is 0 Å². The molecule has 4 heteroatoms. The summed E-state index contributed by atoms with van der Waals surface area (Å²) in [6.07, 6.45) is 3.67. The Kier molecular flexibility index (Phi) is 7.36. The molecule has 3 aromatic heterocycles. The Morgan fingerprint density at radius 2 is 1.43 bits per heavy atom. The molecule has 0 spiro atoms. The van der Waals surface area contributed by atoms with E-state index in [0.29, 0.717) is 0 Å². The van der Waals surface area contributed by atoms with Gasteiger partial charge in [-0.25, -0.2) is 0 Å². The Morgan fingerprint density at radius 1 is 0.667 bits per heavy atom. The number of hydrogen-bond acceptors (Lipinski definition) is 2. The summed E-state index contributed by atoms with van der Waals surface area (Å²) in [5, 5.41) is 6.17. The zero-order valence-electron chi connectivity index (χ0n) is 24.0. The van der Waals surface area contributed by atoms with Crippen LogP contribution in [0.1, 0.15) is 22.3 Å². The number of hydrogen-bond donors (Lipinski definition) is 0. The van der Waals surface area contributed by atoms with Crippen LogP contribution in [0.5, 0.6) is 0 Å². The zero-order valence-corrected chi connectivity index (χ0v) is 26.4. The minimum Gasteiger partial charge on any atom is -0.327 e. The summed E-state index contributed by atoms with van der Waals surface area (Å²) in [5.74, 6) is 0. The van der Waals surface area contributed by atoms with Crippen molar-refractivity contribution in [3.63, 3.8) is 0 Å². The molecule has 3 nitrogen and oxygen atoms in total. The molecular weight excluding hydrogens is 691 g/mol. The van der Waals surface area contributed by atoms with Crippen molar-refractivity contribution in [3.8, 4) is 16.9 Å². The number of fused-ring (bicyclic) bond motifs is 3. The Hall–Kier alpha value is -4.37. The van der Waals surface area contributed by atoms with Crippen LogP contribution in [0.15, 0.2) is 103 Å². The van der Waals surface area contributed by atoms with Gasteiger partial charge >= 0.3 is 0 Å². The summed E-state index contributed by atoms with van der Waals surface area (Å²) in [5.41, 5.74) is 11.9. The van der Waals surface area contributed by atoms with E-state index in [9.17, 15) is 0 Å². The van der Waals surface area contributed by atoms with Crippen molar-refractivity contribution in [2.24, 2.45) is 0 Å². The maximum absolute atomic E-state index is 4.76. The molecule has 0 unspecified atom stereocenters. The second kappa shape index (κ2) is 11.1. The molecule has 0 amide bonds. The van der Waals surface area contributed by atoms with Crippen LogP contribution in [0, 0.1) is 39.8 Å². The molecule has 0 atom stereocenters. The molecule has 1 radical (unpaired) electrons. The van der Waals surface area contributed by atoms with E-state index in [4.69, 9.17) is 4.98 Å². The summed E-state index contributed by atoms with van der Waals surface area (Å²) >= 11 is 0. The fraction of sp³-hybridized carbons (Fsp3) is 0.105. The van der Waals surface area contributed by atoms with Crippen molar-refractivity contribution in [1.82, 2.24) is 14.5 Å². The van der Waals surface area contributed by atoms with Crippen LogP contribution in [0.25, 0.3) is 60.4 Å². The van der Waals surface area contributed by atoms with Crippen molar-refractivity contribution < 1.29 is 20.1 Å². The van der Waals surface area contributed by atoms with Gasteiger partial charge in [-0.05, 0) is 83.0 Å². The average Bonchev–Trinajstić information content (AvgIpc) is 3.31. The van der Waals surface area contributed by atoms with E-state index in [1.165, 1.54) is 55.0 Å². The maximum atomic E-state index is 4.76. The first-order chi connectivity index (χ1) is 20.0. The van der Waals surface area contributed by atoms with Crippen molar-refractivity contribution in [2.75, 3.05) is 0 Å². The van der Waals surface area contributed by atoms with E-state index in [1.54, 1.807) is 6.20 Å². The van der Waals surface area contributed by atoms with Gasteiger partial charge in [-0.2, -0.15) is 0 Å². The molecule has 0 saturated carbocycles. The quantitative estimate of drug-likeness (QED) is 0.132. The molecule has 3 heterocycles. The smallest absolute Gasteiger partial charge is 0.0502 e. The monoisotopic (exact) mass is 720 g/mol. The Balaban J connectivity index is 0.000000205. The molecule has 5 aromatic carbocycles. The third kappa shape index (κ3) is 4.58. The summed E-state index contributed by atoms with van der Waals surface area (Å²) < 4.78 is 2.45. The first-order valence-corrected chi connectivity index (χ1v) is 13.9. The van der Waals surface area contributed by atoms with E-state index in [2.05, 4.69) is 91.8 Å². The molecule has 0 bridgehead atoms. The molecule has 0 aliphatic heterocycles. The van der Waals surface area contributed by atoms with E-state index < -0.39 is 0 Å². The van der Waals surface area contributed by atoms with Gasteiger partial charge in [-0.3, -0.25) is 0 Å². The molecule has 8 aromatic rings. The minimum absolute atomic E-state index is 0. The predicted molar refractivity (Wildman–Crippen MR) is 171 cm³/mol. The fourth-order valence-electron chi connectivity index (χ4n) is 6.31. The third-order valence-corrected chi connectivity index (χ3v) is 7.80. The predicted octanol–water partition coefficient (Wildman–Crippen LogP) is 9.50. The number of nitrogens with zero attached hydrogens (tertiary/aromatic N) is 3. The zero-order chi connectivity index (χ0) is 28.1. The van der Waals surface area contributed by atoms with E-state index in [0.717, 1.165) is 27.7 Å². The summed E-state index contributed by atoms with van der Waals surface area (Å²) in [6.45, 7) is 8.73. The maximum Gasteiger partial charge on any atom is 0.0502 e. The number of pyridine rings is 2. The Morgan fingerprint density at radius 3 is 2.17 bits per heavy atom. The number of aryl methyl sites for hydroxylation is 4. The second-order valence-corrected chi connectivity index (χ2v) is 10.8. The van der Waals surface area contributed by atoms with Gasteiger partial charge in [0.15, 0.2) is 0 Å². The van der Waals surface area contributed by atoms with Crippen molar-refractivity contribution in [2.45, 2.75) is 27.7 Å². The third-order valence-electron chi connectivity index (χ3n) is 7.80. The minimum atomic E-state index is 0. The molecular formula is C38H29IrN3-2. The molecule has 207 valence electrons. The summed E-state index contributed by atoms with van der Waals surface area (Å²) in [4.78, 5) is 8.98. The van der Waals surface area contributed by atoms with Gasteiger partial charge in [0.05, 0.1) is 5.69 Å². The van der Waals surface area contributed by atoms with Gasteiger partial charge in [0.25, 0.3) is 0 Å². The number of benzene rings is 5. The second-order valence-electron chi connectivity index (χ2n) is 10.8. The average molecular weight is 720 g/mol. The van der Waals surface area contributed by atoms with Gasteiger partial charge in [-0.15, -0.1) is 59.0 Å². The number of aromatic nitrogens is 3. The van der Waals surface area contributed by atoms with Crippen LogP contribution in [-0.2, 0) is 20.1 Å². The van der Waals surface area contributed by atoms with Crippen molar-refractivity contribution in [3.05, 3.63) is 138 Å². The largest absolute Gasteiger partial charge is 0.327 e. The van der Waals surface area contributed by atoms with Crippen molar-refractivity contribution >= 4 is 43.5 Å². The van der Waals surface area contributed by atoms with Crippen LogP contribution in [0.2, 0.25) is 0 Å². The first-order valence-electron chi connectivity index (χ1n) is 13.9.